The summed E-state index contributed by atoms with van der Waals surface area (Å²) in [5.41, 5.74) is -0.806. The summed E-state index contributed by atoms with van der Waals surface area (Å²) in [7, 11) is 0. The van der Waals surface area contributed by atoms with Gasteiger partial charge in [-0.05, 0) is 33.6 Å². The van der Waals surface area contributed by atoms with Crippen molar-refractivity contribution in [2.24, 2.45) is 0 Å². The van der Waals surface area contributed by atoms with Crippen LogP contribution in [-0.2, 0) is 23.9 Å². The van der Waals surface area contributed by atoms with Crippen LogP contribution in [0.15, 0.2) is 0 Å². The molecule has 1 unspecified atom stereocenters. The highest BCUT2D eigenvalue weighted by atomic mass is 16.9. The number of aliphatic carboxylic acids is 1. The van der Waals surface area contributed by atoms with Gasteiger partial charge in [-0.15, -0.1) is 10.1 Å². The van der Waals surface area contributed by atoms with Crippen molar-refractivity contribution < 1.29 is 38.9 Å². The summed E-state index contributed by atoms with van der Waals surface area (Å²) in [6, 6.07) is -1.48. The van der Waals surface area contributed by atoms with Crippen molar-refractivity contribution in [3.63, 3.8) is 0 Å². The minimum Gasteiger partial charge on any atom is -0.480 e. The number of carbonyl (C=O) groups excluding carboxylic acids is 2. The molecule has 24 heavy (non-hydrogen) atoms. The third kappa shape index (κ3) is 12.0. The Morgan fingerprint density at radius 1 is 1.21 bits per heavy atom. The smallest absolute Gasteiger partial charge is 0.408 e. The van der Waals surface area contributed by atoms with Crippen LogP contribution in [0.25, 0.3) is 0 Å². The minimum absolute atomic E-state index is 0.0430. The second-order valence-electron chi connectivity index (χ2n) is 5.73. The number of ether oxygens (including phenoxy) is 2. The van der Waals surface area contributed by atoms with E-state index in [2.05, 4.69) is 10.2 Å². The van der Waals surface area contributed by atoms with E-state index in [1.807, 2.05) is 0 Å². The van der Waals surface area contributed by atoms with E-state index in [0.29, 0.717) is 12.8 Å². The fourth-order valence-corrected chi connectivity index (χ4v) is 1.40. The van der Waals surface area contributed by atoms with Crippen molar-refractivity contribution in [2.45, 2.75) is 51.7 Å². The molecule has 0 radical (unpaired) electrons. The molecular formula is C13H22N2O9. The number of carboxylic acid groups (broad SMARTS) is 1. The number of nitrogens with zero attached hydrogens (tertiary/aromatic N) is 1. The number of nitrogens with one attached hydrogen (secondary N) is 1. The third-order valence-corrected chi connectivity index (χ3v) is 2.36. The summed E-state index contributed by atoms with van der Waals surface area (Å²) < 4.78 is 9.70. The molecule has 0 spiro atoms. The van der Waals surface area contributed by atoms with Gasteiger partial charge in [-0.2, -0.15) is 0 Å². The van der Waals surface area contributed by atoms with Gasteiger partial charge in [0.15, 0.2) is 0 Å². The van der Waals surface area contributed by atoms with Crippen molar-refractivity contribution in [3.8, 4) is 0 Å². The largest absolute Gasteiger partial charge is 0.480 e. The van der Waals surface area contributed by atoms with Gasteiger partial charge in [0.25, 0.3) is 5.09 Å². The van der Waals surface area contributed by atoms with Crippen LogP contribution in [0.5, 0.6) is 0 Å². The molecule has 2 N–H and O–H groups in total. The maximum atomic E-state index is 11.5. The Morgan fingerprint density at radius 2 is 1.79 bits per heavy atom. The van der Waals surface area contributed by atoms with Crippen LogP contribution in [0.4, 0.5) is 4.79 Å². The molecule has 0 aliphatic rings. The average molecular weight is 350 g/mol. The number of alkyl carbamates (subject to hydrolysis) is 1. The van der Waals surface area contributed by atoms with Crippen molar-refractivity contribution in [1.82, 2.24) is 5.32 Å². The Morgan fingerprint density at radius 3 is 2.29 bits per heavy atom. The Labute approximate surface area is 138 Å². The standard InChI is InChI=1S/C13H22N2O9/c1-13(2,3)24-12(19)14-9(11(17)18)8-10(16)22-6-4-5-7-23-15(20)21/h9H,4-8H2,1-3H3,(H,14,19)(H,17,18). The SMILES string of the molecule is CC(C)(C)OC(=O)NC(CC(=O)OCCCCO[N+](=O)[O-])C(=O)O. The van der Waals surface area contributed by atoms with Crippen LogP contribution in [0.1, 0.15) is 40.0 Å². The van der Waals surface area contributed by atoms with E-state index in [-0.39, 0.29) is 13.2 Å². The molecular weight excluding hydrogens is 328 g/mol. The van der Waals surface area contributed by atoms with Crippen LogP contribution < -0.4 is 5.32 Å². The van der Waals surface area contributed by atoms with Crippen molar-refractivity contribution >= 4 is 18.0 Å². The fraction of sp³-hybridized carbons (Fsp3) is 0.769. The number of carboxylic acids is 1. The van der Waals surface area contributed by atoms with Gasteiger partial charge in [0.05, 0.1) is 19.6 Å². The first kappa shape index (κ1) is 21.4. The van der Waals surface area contributed by atoms with Crippen LogP contribution in [0.2, 0.25) is 0 Å². The fourth-order valence-electron chi connectivity index (χ4n) is 1.40. The van der Waals surface area contributed by atoms with Gasteiger partial charge in [-0.1, -0.05) is 0 Å². The quantitative estimate of drug-likeness (QED) is 0.253. The molecule has 0 bridgehead atoms. The van der Waals surface area contributed by atoms with Crippen molar-refractivity contribution in [3.05, 3.63) is 10.1 Å². The molecule has 0 heterocycles. The number of esters is 1. The molecule has 0 aromatic carbocycles. The zero-order valence-corrected chi connectivity index (χ0v) is 13.8. The van der Waals surface area contributed by atoms with Gasteiger partial charge >= 0.3 is 18.0 Å². The minimum atomic E-state index is -1.48. The molecule has 0 aliphatic carbocycles. The van der Waals surface area contributed by atoms with E-state index in [1.54, 1.807) is 20.8 Å². The van der Waals surface area contributed by atoms with Gasteiger partial charge in [0, 0.05) is 0 Å². The van der Waals surface area contributed by atoms with Gasteiger partial charge in [-0.3, -0.25) is 4.79 Å². The zero-order valence-electron chi connectivity index (χ0n) is 13.8. The monoisotopic (exact) mass is 350 g/mol. The van der Waals surface area contributed by atoms with E-state index >= 15 is 0 Å². The lowest BCUT2D eigenvalue weighted by Crippen LogP contribution is -2.44. The van der Waals surface area contributed by atoms with Crippen molar-refractivity contribution in [1.29, 1.82) is 0 Å². The van der Waals surface area contributed by atoms with Crippen molar-refractivity contribution in [2.75, 3.05) is 13.2 Å². The van der Waals surface area contributed by atoms with Gasteiger partial charge in [0.2, 0.25) is 0 Å². The summed E-state index contributed by atoms with van der Waals surface area (Å²) in [4.78, 5) is 48.1. The Bertz CT molecular complexity index is 459. The maximum absolute atomic E-state index is 11.5. The Hall–Kier alpha value is -2.59. The molecule has 11 nitrogen and oxygen atoms in total. The number of rotatable bonds is 10. The zero-order chi connectivity index (χ0) is 18.8. The molecule has 0 rings (SSSR count). The predicted octanol–water partition coefficient (Wildman–Crippen LogP) is 0.886. The molecule has 0 aromatic heterocycles. The molecule has 0 aliphatic heterocycles. The lowest BCUT2D eigenvalue weighted by Gasteiger charge is -2.21. The number of amides is 1. The highest BCUT2D eigenvalue weighted by molar-refractivity contribution is 5.85. The summed E-state index contributed by atoms with van der Waals surface area (Å²) in [5, 5.41) is 20.0. The van der Waals surface area contributed by atoms with Gasteiger partial charge < -0.3 is 24.7 Å². The molecule has 1 atom stereocenters. The summed E-state index contributed by atoms with van der Waals surface area (Å²) in [6.45, 7) is 4.67. The normalized spacial score (nSPS) is 12.0. The predicted molar refractivity (Wildman–Crippen MR) is 78.5 cm³/mol. The lowest BCUT2D eigenvalue weighted by molar-refractivity contribution is -0.757. The second-order valence-corrected chi connectivity index (χ2v) is 5.73. The second kappa shape index (κ2) is 10.2. The number of carbonyl (C=O) groups is 3. The number of unbranched alkanes of at least 4 members (excludes halogenated alkanes) is 1. The molecule has 0 fully saturated rings. The molecule has 0 saturated carbocycles. The molecule has 0 saturated heterocycles. The third-order valence-electron chi connectivity index (χ3n) is 2.36. The van der Waals surface area contributed by atoms with Crippen LogP contribution in [0, 0.1) is 10.1 Å². The van der Waals surface area contributed by atoms with Crippen LogP contribution >= 0.6 is 0 Å². The maximum Gasteiger partial charge on any atom is 0.408 e. The first-order valence-electron chi connectivity index (χ1n) is 7.16. The Kier molecular flexibility index (Phi) is 9.13. The van der Waals surface area contributed by atoms with Crippen LogP contribution in [0.3, 0.4) is 0 Å². The average Bonchev–Trinajstić information content (AvgIpc) is 2.39. The topological polar surface area (TPSA) is 154 Å². The summed E-state index contributed by atoms with van der Waals surface area (Å²) >= 11 is 0. The molecule has 138 valence electrons. The van der Waals surface area contributed by atoms with Gasteiger partial charge in [0.1, 0.15) is 11.6 Å². The molecule has 1 amide bonds. The van der Waals surface area contributed by atoms with E-state index < -0.39 is 41.2 Å². The van der Waals surface area contributed by atoms with E-state index in [4.69, 9.17) is 14.6 Å². The van der Waals surface area contributed by atoms with Gasteiger partial charge in [-0.25, -0.2) is 9.59 Å². The van der Waals surface area contributed by atoms with E-state index in [1.165, 1.54) is 0 Å². The first-order chi connectivity index (χ1) is 11.0. The van der Waals surface area contributed by atoms with E-state index in [9.17, 15) is 24.5 Å². The lowest BCUT2D eigenvalue weighted by atomic mass is 10.2. The molecule has 0 aromatic rings. The number of hydrogen-bond donors (Lipinski definition) is 2. The summed E-state index contributed by atoms with van der Waals surface area (Å²) in [5.74, 6) is -2.23. The van der Waals surface area contributed by atoms with E-state index in [0.717, 1.165) is 0 Å². The highest BCUT2D eigenvalue weighted by Gasteiger charge is 2.26. The highest BCUT2D eigenvalue weighted by Crippen LogP contribution is 2.07. The van der Waals surface area contributed by atoms with Crippen LogP contribution in [-0.4, -0.2) is 53.1 Å². The summed E-state index contributed by atoms with van der Waals surface area (Å²) in [6.07, 6.45) is -0.913. The Balaban J connectivity index is 4.14. The first-order valence-corrected chi connectivity index (χ1v) is 7.16. The number of hydrogen-bond acceptors (Lipinski definition) is 8. The molecule has 11 heteroatoms.